The molecule has 0 bridgehead atoms. The number of anilines is 1. The van der Waals surface area contributed by atoms with Crippen LogP contribution >= 0.6 is 0 Å². The van der Waals surface area contributed by atoms with Crippen LogP contribution < -0.4 is 10.5 Å². The highest BCUT2D eigenvalue weighted by Gasteiger charge is 2.33. The summed E-state index contributed by atoms with van der Waals surface area (Å²) in [6.45, 7) is 1.65. The molecular formula is C22H19F3N4O4. The lowest BCUT2D eigenvalue weighted by Crippen LogP contribution is -2.43. The summed E-state index contributed by atoms with van der Waals surface area (Å²) in [5.74, 6) is -0.378. The van der Waals surface area contributed by atoms with Crippen LogP contribution in [0.2, 0.25) is 0 Å². The number of rotatable bonds is 3. The van der Waals surface area contributed by atoms with E-state index in [9.17, 15) is 18.0 Å². The van der Waals surface area contributed by atoms with Gasteiger partial charge in [0.15, 0.2) is 0 Å². The fourth-order valence-electron chi connectivity index (χ4n) is 4.16. The van der Waals surface area contributed by atoms with Gasteiger partial charge in [0.1, 0.15) is 5.82 Å². The summed E-state index contributed by atoms with van der Waals surface area (Å²) in [6, 6.07) is 7.28. The van der Waals surface area contributed by atoms with Gasteiger partial charge in [-0.25, -0.2) is 9.97 Å². The SMILES string of the molecule is Nc1nc2ccc(C(=O)N3CCOC[C@@H]3c3ccc(OC(F)(F)F)nc3)cc2c2c1COC2. The molecule has 3 aromatic rings. The van der Waals surface area contributed by atoms with Crippen molar-refractivity contribution in [3.8, 4) is 5.88 Å². The number of carbonyl (C=O) groups excluding carboxylic acids is 1. The van der Waals surface area contributed by atoms with Crippen molar-refractivity contribution in [3.05, 3.63) is 58.8 Å². The smallest absolute Gasteiger partial charge is 0.388 e. The van der Waals surface area contributed by atoms with Gasteiger partial charge in [-0.3, -0.25) is 4.79 Å². The molecule has 2 aliphatic rings. The van der Waals surface area contributed by atoms with Crippen LogP contribution in [0.25, 0.3) is 10.9 Å². The third-order valence-electron chi connectivity index (χ3n) is 5.73. The first-order valence-electron chi connectivity index (χ1n) is 10.2. The molecule has 1 atom stereocenters. The molecule has 0 radical (unpaired) electrons. The van der Waals surface area contributed by atoms with E-state index < -0.39 is 18.3 Å². The Labute approximate surface area is 186 Å². The van der Waals surface area contributed by atoms with Crippen molar-refractivity contribution in [1.82, 2.24) is 14.9 Å². The minimum Gasteiger partial charge on any atom is -0.388 e. The van der Waals surface area contributed by atoms with E-state index in [4.69, 9.17) is 15.2 Å². The number of alkyl halides is 3. The number of aromatic nitrogens is 2. The molecule has 33 heavy (non-hydrogen) atoms. The second-order valence-corrected chi connectivity index (χ2v) is 7.75. The van der Waals surface area contributed by atoms with Crippen LogP contribution in [-0.4, -0.2) is 46.9 Å². The average molecular weight is 460 g/mol. The van der Waals surface area contributed by atoms with Crippen LogP contribution in [0.15, 0.2) is 36.5 Å². The normalized spacial score (nSPS) is 18.4. The highest BCUT2D eigenvalue weighted by Crippen LogP contribution is 2.33. The van der Waals surface area contributed by atoms with Crippen LogP contribution in [0.5, 0.6) is 5.88 Å². The molecule has 0 spiro atoms. The van der Waals surface area contributed by atoms with Gasteiger partial charge in [0.05, 0.1) is 38.0 Å². The van der Waals surface area contributed by atoms with Gasteiger partial charge in [-0.05, 0) is 35.4 Å². The molecule has 8 nitrogen and oxygen atoms in total. The molecule has 2 aliphatic heterocycles. The summed E-state index contributed by atoms with van der Waals surface area (Å²) < 4.78 is 52.1. The molecule has 2 aromatic heterocycles. The van der Waals surface area contributed by atoms with Crippen LogP contribution in [0.3, 0.4) is 0 Å². The number of morpholine rings is 1. The van der Waals surface area contributed by atoms with E-state index in [-0.39, 0.29) is 12.5 Å². The summed E-state index contributed by atoms with van der Waals surface area (Å²) in [4.78, 5) is 23.2. The topological polar surface area (TPSA) is 99.8 Å². The molecule has 5 rings (SSSR count). The molecule has 1 amide bonds. The number of ether oxygens (including phenoxy) is 3. The number of hydrogen-bond donors (Lipinski definition) is 1. The number of hydrogen-bond acceptors (Lipinski definition) is 7. The average Bonchev–Trinajstić information content (AvgIpc) is 3.29. The van der Waals surface area contributed by atoms with Crippen molar-refractivity contribution in [2.75, 3.05) is 25.5 Å². The van der Waals surface area contributed by atoms with E-state index in [1.54, 1.807) is 23.1 Å². The number of nitrogens with zero attached hydrogens (tertiary/aromatic N) is 3. The van der Waals surface area contributed by atoms with E-state index in [0.717, 1.165) is 22.6 Å². The van der Waals surface area contributed by atoms with E-state index in [0.29, 0.717) is 48.8 Å². The van der Waals surface area contributed by atoms with Gasteiger partial charge in [-0.2, -0.15) is 0 Å². The Kier molecular flexibility index (Phi) is 5.29. The second-order valence-electron chi connectivity index (χ2n) is 7.75. The first-order valence-corrected chi connectivity index (χ1v) is 10.2. The molecule has 172 valence electrons. The number of fused-ring (bicyclic) bond motifs is 3. The van der Waals surface area contributed by atoms with Crippen molar-refractivity contribution in [2.24, 2.45) is 0 Å². The molecule has 0 aliphatic carbocycles. The minimum absolute atomic E-state index is 0.196. The Morgan fingerprint density at radius 3 is 2.73 bits per heavy atom. The number of pyridine rings is 2. The van der Waals surface area contributed by atoms with Crippen molar-refractivity contribution in [3.63, 3.8) is 0 Å². The van der Waals surface area contributed by atoms with Crippen molar-refractivity contribution < 1.29 is 32.2 Å². The predicted molar refractivity (Wildman–Crippen MR) is 110 cm³/mol. The van der Waals surface area contributed by atoms with Gasteiger partial charge in [-0.15, -0.1) is 13.2 Å². The quantitative estimate of drug-likeness (QED) is 0.640. The molecular weight excluding hydrogens is 441 g/mol. The third kappa shape index (κ3) is 4.16. The lowest BCUT2D eigenvalue weighted by Gasteiger charge is -2.36. The Balaban J connectivity index is 1.44. The zero-order chi connectivity index (χ0) is 23.2. The molecule has 0 unspecified atom stereocenters. The van der Waals surface area contributed by atoms with Crippen LogP contribution in [0.4, 0.5) is 19.0 Å². The lowest BCUT2D eigenvalue weighted by molar-refractivity contribution is -0.276. The minimum atomic E-state index is -4.83. The summed E-state index contributed by atoms with van der Waals surface area (Å²) in [5, 5.41) is 0.808. The number of nitrogen functional groups attached to an aromatic ring is 1. The summed E-state index contributed by atoms with van der Waals surface area (Å²) >= 11 is 0. The van der Waals surface area contributed by atoms with E-state index in [2.05, 4.69) is 14.7 Å². The molecule has 2 N–H and O–H groups in total. The molecule has 1 aromatic carbocycles. The molecule has 1 saturated heterocycles. The van der Waals surface area contributed by atoms with Gasteiger partial charge in [0.25, 0.3) is 5.91 Å². The molecule has 0 saturated carbocycles. The number of carbonyl (C=O) groups is 1. The van der Waals surface area contributed by atoms with Crippen LogP contribution in [0.1, 0.15) is 33.1 Å². The van der Waals surface area contributed by atoms with E-state index in [1.165, 1.54) is 12.3 Å². The Morgan fingerprint density at radius 1 is 1.15 bits per heavy atom. The largest absolute Gasteiger partial charge is 0.574 e. The molecule has 4 heterocycles. The Hall–Kier alpha value is -3.44. The fraction of sp³-hybridized carbons (Fsp3) is 0.318. The van der Waals surface area contributed by atoms with Crippen molar-refractivity contribution >= 4 is 22.6 Å². The van der Waals surface area contributed by atoms with Crippen molar-refractivity contribution in [2.45, 2.75) is 25.6 Å². The van der Waals surface area contributed by atoms with Gasteiger partial charge >= 0.3 is 6.36 Å². The number of amides is 1. The summed E-state index contributed by atoms with van der Waals surface area (Å²) in [7, 11) is 0. The van der Waals surface area contributed by atoms with Gasteiger partial charge in [-0.1, -0.05) is 0 Å². The zero-order valence-electron chi connectivity index (χ0n) is 17.3. The van der Waals surface area contributed by atoms with Crippen LogP contribution in [0, 0.1) is 0 Å². The summed E-state index contributed by atoms with van der Waals surface area (Å²) in [6.07, 6.45) is -3.57. The number of nitrogens with two attached hydrogens (primary N) is 1. The van der Waals surface area contributed by atoms with E-state index >= 15 is 0 Å². The number of benzene rings is 1. The van der Waals surface area contributed by atoms with E-state index in [1.807, 2.05) is 0 Å². The maximum atomic E-state index is 13.4. The second kappa shape index (κ2) is 8.16. The highest BCUT2D eigenvalue weighted by molar-refractivity contribution is 5.99. The summed E-state index contributed by atoms with van der Waals surface area (Å²) in [5.41, 5.74) is 9.46. The molecule has 11 heteroatoms. The fourth-order valence-corrected chi connectivity index (χ4v) is 4.16. The monoisotopic (exact) mass is 460 g/mol. The first-order chi connectivity index (χ1) is 15.8. The zero-order valence-corrected chi connectivity index (χ0v) is 17.3. The maximum Gasteiger partial charge on any atom is 0.574 e. The highest BCUT2D eigenvalue weighted by atomic mass is 19.4. The first kappa shape index (κ1) is 21.4. The Morgan fingerprint density at radius 2 is 1.97 bits per heavy atom. The van der Waals surface area contributed by atoms with Gasteiger partial charge in [0, 0.05) is 35.3 Å². The Bertz CT molecular complexity index is 1220. The van der Waals surface area contributed by atoms with Gasteiger partial charge < -0.3 is 24.8 Å². The predicted octanol–water partition coefficient (Wildman–Crippen LogP) is 3.35. The standard InChI is InChI=1S/C22H19F3N4O4/c23-22(24,25)33-19-4-2-13(8-27-19)18-11-31-6-5-29(18)21(30)12-1-3-17-14(7-12)15-9-32-10-16(15)20(26)28-17/h1-4,7-8,18H,5-6,9-11H2,(H2,26,28)/t18-/m1/s1. The third-order valence-corrected chi connectivity index (χ3v) is 5.73. The maximum absolute atomic E-state index is 13.4. The van der Waals surface area contributed by atoms with Gasteiger partial charge in [0.2, 0.25) is 5.88 Å². The van der Waals surface area contributed by atoms with Crippen LogP contribution in [-0.2, 0) is 22.7 Å². The molecule has 1 fully saturated rings. The number of halogens is 3. The lowest BCUT2D eigenvalue weighted by atomic mass is 10.0. The van der Waals surface area contributed by atoms with Crippen molar-refractivity contribution in [1.29, 1.82) is 0 Å².